The van der Waals surface area contributed by atoms with Crippen LogP contribution in [0.15, 0.2) is 42.5 Å². The number of nitrogens with one attached hydrogen (secondary N) is 1. The van der Waals surface area contributed by atoms with Crippen LogP contribution >= 0.6 is 0 Å². The Balaban J connectivity index is 1.55. The lowest BCUT2D eigenvalue weighted by Crippen LogP contribution is -2.27. The van der Waals surface area contributed by atoms with Crippen LogP contribution in [0, 0.1) is 5.92 Å². The molecule has 0 saturated carbocycles. The lowest BCUT2D eigenvalue weighted by atomic mass is 10.1. The first-order chi connectivity index (χ1) is 9.84. The molecule has 3 heteroatoms. The van der Waals surface area contributed by atoms with E-state index in [0.29, 0.717) is 5.92 Å². The first kappa shape index (κ1) is 14.8. The second-order valence-electron chi connectivity index (χ2n) is 5.25. The standard InChI is InChI=1S/C17H23NO2/c19-17(18-13-16-11-12-20-14-16)10-6-2-5-9-15-7-3-1-4-8-15/h1,3-4,6-8,10,16H,2,5,9,11-14H2,(H,18,19)/b10-6+. The third kappa shape index (κ3) is 5.57. The number of benzene rings is 1. The highest BCUT2D eigenvalue weighted by Gasteiger charge is 2.15. The van der Waals surface area contributed by atoms with E-state index in [2.05, 4.69) is 29.6 Å². The normalized spacial score (nSPS) is 18.5. The highest BCUT2D eigenvalue weighted by Crippen LogP contribution is 2.10. The predicted molar refractivity (Wildman–Crippen MR) is 80.5 cm³/mol. The van der Waals surface area contributed by atoms with Crippen molar-refractivity contribution in [1.82, 2.24) is 5.32 Å². The Hall–Kier alpha value is -1.61. The van der Waals surface area contributed by atoms with Gasteiger partial charge in [-0.15, -0.1) is 0 Å². The first-order valence-corrected chi connectivity index (χ1v) is 7.40. The van der Waals surface area contributed by atoms with Crippen LogP contribution in [0.4, 0.5) is 0 Å². The summed E-state index contributed by atoms with van der Waals surface area (Å²) in [5, 5.41) is 2.93. The van der Waals surface area contributed by atoms with E-state index in [4.69, 9.17) is 4.74 Å². The van der Waals surface area contributed by atoms with E-state index in [1.54, 1.807) is 6.08 Å². The maximum absolute atomic E-state index is 11.6. The molecule has 1 aromatic rings. The van der Waals surface area contributed by atoms with Crippen LogP contribution in [0.25, 0.3) is 0 Å². The van der Waals surface area contributed by atoms with E-state index in [9.17, 15) is 4.79 Å². The van der Waals surface area contributed by atoms with Crippen LogP contribution in [0.1, 0.15) is 24.8 Å². The molecule has 0 aromatic heterocycles. The lowest BCUT2D eigenvalue weighted by Gasteiger charge is -2.07. The molecule has 1 aliphatic heterocycles. The Bertz CT molecular complexity index is 422. The van der Waals surface area contributed by atoms with Crippen molar-refractivity contribution in [3.05, 3.63) is 48.0 Å². The smallest absolute Gasteiger partial charge is 0.243 e. The van der Waals surface area contributed by atoms with Gasteiger partial charge in [0.15, 0.2) is 0 Å². The summed E-state index contributed by atoms with van der Waals surface area (Å²) in [6.45, 7) is 2.34. The molecule has 108 valence electrons. The average Bonchev–Trinajstić information content (AvgIpc) is 2.99. The molecular weight excluding hydrogens is 250 g/mol. The van der Waals surface area contributed by atoms with Crippen LogP contribution in [0.3, 0.4) is 0 Å². The zero-order valence-electron chi connectivity index (χ0n) is 11.9. The summed E-state index contributed by atoms with van der Waals surface area (Å²) >= 11 is 0. The molecule has 1 atom stereocenters. The van der Waals surface area contributed by atoms with E-state index in [1.807, 2.05) is 12.1 Å². The fraction of sp³-hybridized carbons (Fsp3) is 0.471. The minimum absolute atomic E-state index is 0.0108. The molecule has 1 N–H and O–H groups in total. The molecule has 0 bridgehead atoms. The van der Waals surface area contributed by atoms with Crippen molar-refractivity contribution < 1.29 is 9.53 Å². The van der Waals surface area contributed by atoms with Gasteiger partial charge >= 0.3 is 0 Å². The van der Waals surface area contributed by atoms with Gasteiger partial charge in [-0.3, -0.25) is 4.79 Å². The zero-order chi connectivity index (χ0) is 14.0. The van der Waals surface area contributed by atoms with Gasteiger partial charge in [-0.2, -0.15) is 0 Å². The fourth-order valence-electron chi connectivity index (χ4n) is 2.31. The Morgan fingerprint density at radius 1 is 1.35 bits per heavy atom. The summed E-state index contributed by atoms with van der Waals surface area (Å²) in [4.78, 5) is 11.6. The second-order valence-corrected chi connectivity index (χ2v) is 5.25. The van der Waals surface area contributed by atoms with Crippen molar-refractivity contribution >= 4 is 5.91 Å². The summed E-state index contributed by atoms with van der Waals surface area (Å²) in [5.74, 6) is 0.502. The lowest BCUT2D eigenvalue weighted by molar-refractivity contribution is -0.116. The number of amides is 1. The molecule has 1 aromatic carbocycles. The highest BCUT2D eigenvalue weighted by atomic mass is 16.5. The molecule has 0 spiro atoms. The molecule has 0 radical (unpaired) electrons. The minimum Gasteiger partial charge on any atom is -0.381 e. The molecule has 3 nitrogen and oxygen atoms in total. The predicted octanol–water partition coefficient (Wildman–Crippen LogP) is 2.72. The largest absolute Gasteiger partial charge is 0.381 e. The molecule has 1 heterocycles. The molecule has 1 saturated heterocycles. The maximum Gasteiger partial charge on any atom is 0.243 e. The number of carbonyl (C=O) groups excluding carboxylic acids is 1. The van der Waals surface area contributed by atoms with E-state index in [1.165, 1.54) is 5.56 Å². The van der Waals surface area contributed by atoms with Gasteiger partial charge in [0, 0.05) is 19.1 Å². The van der Waals surface area contributed by atoms with Gasteiger partial charge in [-0.25, -0.2) is 0 Å². The van der Waals surface area contributed by atoms with Crippen LogP contribution in [0.2, 0.25) is 0 Å². The Morgan fingerprint density at radius 3 is 2.95 bits per heavy atom. The molecule has 2 rings (SSSR count). The first-order valence-electron chi connectivity index (χ1n) is 7.40. The number of unbranched alkanes of at least 4 members (excludes halogenated alkanes) is 1. The molecule has 20 heavy (non-hydrogen) atoms. The number of carbonyl (C=O) groups is 1. The zero-order valence-corrected chi connectivity index (χ0v) is 11.9. The summed E-state index contributed by atoms with van der Waals surface area (Å²) < 4.78 is 5.28. The SMILES string of the molecule is O=C(/C=C/CCCc1ccccc1)NCC1CCOC1. The van der Waals surface area contributed by atoms with Gasteiger partial charge in [0.1, 0.15) is 0 Å². The van der Waals surface area contributed by atoms with Crippen LogP contribution in [-0.2, 0) is 16.0 Å². The van der Waals surface area contributed by atoms with Gasteiger partial charge in [-0.1, -0.05) is 36.4 Å². The maximum atomic E-state index is 11.6. The number of allylic oxidation sites excluding steroid dienone is 1. The fourth-order valence-corrected chi connectivity index (χ4v) is 2.31. The van der Waals surface area contributed by atoms with Crippen LogP contribution in [-0.4, -0.2) is 25.7 Å². The molecule has 1 amide bonds. The number of rotatable bonds is 7. The molecule has 1 fully saturated rings. The van der Waals surface area contributed by atoms with Gasteiger partial charge in [0.05, 0.1) is 6.61 Å². The van der Waals surface area contributed by atoms with E-state index >= 15 is 0 Å². The van der Waals surface area contributed by atoms with Crippen molar-refractivity contribution in [2.24, 2.45) is 5.92 Å². The number of hydrogen-bond acceptors (Lipinski definition) is 2. The third-order valence-corrected chi connectivity index (χ3v) is 3.54. The third-order valence-electron chi connectivity index (χ3n) is 3.54. The number of aryl methyl sites for hydroxylation is 1. The Labute approximate surface area is 121 Å². The van der Waals surface area contributed by atoms with E-state index in [0.717, 1.165) is 45.4 Å². The summed E-state index contributed by atoms with van der Waals surface area (Å²) in [6, 6.07) is 10.4. The molecule has 1 aliphatic rings. The van der Waals surface area contributed by atoms with Gasteiger partial charge in [0.2, 0.25) is 5.91 Å². The quantitative estimate of drug-likeness (QED) is 0.613. The van der Waals surface area contributed by atoms with Gasteiger partial charge in [-0.05, 0) is 37.3 Å². The van der Waals surface area contributed by atoms with Crippen molar-refractivity contribution in [3.8, 4) is 0 Å². The minimum atomic E-state index is 0.0108. The van der Waals surface area contributed by atoms with Crippen molar-refractivity contribution in [1.29, 1.82) is 0 Å². The topological polar surface area (TPSA) is 38.3 Å². The van der Waals surface area contributed by atoms with Crippen LogP contribution in [0.5, 0.6) is 0 Å². The van der Waals surface area contributed by atoms with Crippen molar-refractivity contribution in [2.75, 3.05) is 19.8 Å². The summed E-state index contributed by atoms with van der Waals surface area (Å²) in [5.41, 5.74) is 1.35. The molecule has 1 unspecified atom stereocenters. The van der Waals surface area contributed by atoms with Gasteiger partial charge in [0.25, 0.3) is 0 Å². The van der Waals surface area contributed by atoms with Gasteiger partial charge < -0.3 is 10.1 Å². The highest BCUT2D eigenvalue weighted by molar-refractivity contribution is 5.87. The average molecular weight is 273 g/mol. The van der Waals surface area contributed by atoms with Crippen molar-refractivity contribution in [3.63, 3.8) is 0 Å². The molecule has 0 aliphatic carbocycles. The summed E-state index contributed by atoms with van der Waals surface area (Å²) in [7, 11) is 0. The van der Waals surface area contributed by atoms with E-state index in [-0.39, 0.29) is 5.91 Å². The van der Waals surface area contributed by atoms with E-state index < -0.39 is 0 Å². The molecular formula is C17H23NO2. The number of ether oxygens (including phenoxy) is 1. The number of hydrogen-bond donors (Lipinski definition) is 1. The van der Waals surface area contributed by atoms with Crippen molar-refractivity contribution in [2.45, 2.75) is 25.7 Å². The Kier molecular flexibility index (Phi) is 6.32. The summed E-state index contributed by atoms with van der Waals surface area (Å²) in [6.07, 6.45) is 7.75. The monoisotopic (exact) mass is 273 g/mol. The second kappa shape index (κ2) is 8.54. The van der Waals surface area contributed by atoms with Crippen LogP contribution < -0.4 is 5.32 Å². The Morgan fingerprint density at radius 2 is 2.20 bits per heavy atom.